The fourth-order valence-electron chi connectivity index (χ4n) is 3.71. The molecule has 1 saturated heterocycles. The number of carbonyl (C=O) groups is 2. The van der Waals surface area contributed by atoms with Crippen LogP contribution < -0.4 is 10.2 Å². The van der Waals surface area contributed by atoms with E-state index < -0.39 is 6.04 Å². The average Bonchev–Trinajstić information content (AvgIpc) is 3.29. The van der Waals surface area contributed by atoms with Gasteiger partial charge in [0.05, 0.1) is 17.9 Å². The molecule has 4 rings (SSSR count). The molecule has 8 heteroatoms. The molecule has 0 radical (unpaired) electrons. The number of rotatable bonds is 2. The van der Waals surface area contributed by atoms with E-state index in [4.69, 9.17) is 0 Å². The van der Waals surface area contributed by atoms with Crippen molar-refractivity contribution >= 4 is 17.6 Å². The molecule has 2 aliphatic rings. The minimum absolute atomic E-state index is 0.00492. The number of urea groups is 1. The Morgan fingerprint density at radius 3 is 2.92 bits per heavy atom. The van der Waals surface area contributed by atoms with Crippen molar-refractivity contribution < 1.29 is 9.59 Å². The maximum Gasteiger partial charge on any atom is 0.318 e. The molecule has 8 nitrogen and oxygen atoms in total. The number of nitrogens with one attached hydrogen (secondary N) is 1. The van der Waals surface area contributed by atoms with E-state index in [1.807, 2.05) is 38.5 Å². The average molecular weight is 342 g/mol. The van der Waals surface area contributed by atoms with E-state index in [1.165, 1.54) is 0 Å². The third-order valence-electron chi connectivity index (χ3n) is 5.11. The Morgan fingerprint density at radius 1 is 1.32 bits per heavy atom. The SMILES string of the molecule is CC1c2cccn2CCN1C(=O)NC1CCN(c2cnn(C)c2)C1=O. The second-order valence-corrected chi connectivity index (χ2v) is 6.65. The summed E-state index contributed by atoms with van der Waals surface area (Å²) in [6.45, 7) is 4.03. The van der Waals surface area contributed by atoms with Crippen LogP contribution in [0.4, 0.5) is 10.5 Å². The summed E-state index contributed by atoms with van der Waals surface area (Å²) in [5.74, 6) is -0.0746. The van der Waals surface area contributed by atoms with Crippen LogP contribution in [0.5, 0.6) is 0 Å². The molecule has 2 unspecified atom stereocenters. The number of aromatic nitrogens is 3. The van der Waals surface area contributed by atoms with Crippen molar-refractivity contribution in [3.63, 3.8) is 0 Å². The second-order valence-electron chi connectivity index (χ2n) is 6.65. The summed E-state index contributed by atoms with van der Waals surface area (Å²) < 4.78 is 3.83. The van der Waals surface area contributed by atoms with Gasteiger partial charge in [-0.25, -0.2) is 4.79 Å². The Hall–Kier alpha value is -2.77. The van der Waals surface area contributed by atoms with E-state index in [0.717, 1.165) is 17.9 Å². The highest BCUT2D eigenvalue weighted by Crippen LogP contribution is 2.26. The van der Waals surface area contributed by atoms with E-state index in [-0.39, 0.29) is 18.0 Å². The molecular formula is C17H22N6O2. The van der Waals surface area contributed by atoms with Crippen molar-refractivity contribution in [3.05, 3.63) is 36.4 Å². The molecular weight excluding hydrogens is 320 g/mol. The summed E-state index contributed by atoms with van der Waals surface area (Å²) in [7, 11) is 1.82. The maximum atomic E-state index is 12.7. The van der Waals surface area contributed by atoms with Crippen molar-refractivity contribution in [2.45, 2.75) is 32.0 Å². The minimum atomic E-state index is -0.478. The van der Waals surface area contributed by atoms with Gasteiger partial charge in [0.25, 0.3) is 0 Å². The number of aryl methyl sites for hydroxylation is 1. The standard InChI is InChI=1S/C17H22N6O2/c1-12-15-4-3-6-21(15)8-9-22(12)17(25)19-14-5-7-23(16(14)24)13-10-18-20(2)11-13/h3-4,6,10-12,14H,5,7-9H2,1-2H3,(H,19,25). The van der Waals surface area contributed by atoms with Gasteiger partial charge in [-0.05, 0) is 25.5 Å². The van der Waals surface area contributed by atoms with Crippen LogP contribution in [-0.4, -0.2) is 50.3 Å². The topological polar surface area (TPSA) is 75.4 Å². The first-order valence-corrected chi connectivity index (χ1v) is 8.57. The number of carbonyl (C=O) groups excluding carboxylic acids is 2. The molecule has 132 valence electrons. The Bertz CT molecular complexity index is 810. The summed E-state index contributed by atoms with van der Waals surface area (Å²) >= 11 is 0. The zero-order chi connectivity index (χ0) is 17.6. The molecule has 2 atom stereocenters. The zero-order valence-electron chi connectivity index (χ0n) is 14.4. The molecule has 3 amide bonds. The summed E-state index contributed by atoms with van der Waals surface area (Å²) in [5.41, 5.74) is 1.89. The summed E-state index contributed by atoms with van der Waals surface area (Å²) in [4.78, 5) is 28.8. The van der Waals surface area contributed by atoms with Crippen LogP contribution in [0.3, 0.4) is 0 Å². The smallest absolute Gasteiger partial charge is 0.318 e. The van der Waals surface area contributed by atoms with Crippen molar-refractivity contribution in [3.8, 4) is 0 Å². The third kappa shape index (κ3) is 2.67. The Morgan fingerprint density at radius 2 is 2.16 bits per heavy atom. The van der Waals surface area contributed by atoms with Gasteiger partial charge in [-0.1, -0.05) is 0 Å². The highest BCUT2D eigenvalue weighted by Gasteiger charge is 2.36. The number of fused-ring (bicyclic) bond motifs is 1. The van der Waals surface area contributed by atoms with E-state index in [9.17, 15) is 9.59 Å². The molecule has 0 aromatic carbocycles. The Balaban J connectivity index is 1.43. The van der Waals surface area contributed by atoms with Crippen LogP contribution in [0, 0.1) is 0 Å². The molecule has 1 fully saturated rings. The third-order valence-corrected chi connectivity index (χ3v) is 5.11. The second kappa shape index (κ2) is 5.94. The first kappa shape index (κ1) is 15.7. The largest absolute Gasteiger partial charge is 0.348 e. The summed E-state index contributed by atoms with van der Waals surface area (Å²) in [6, 6.07) is 3.38. The molecule has 4 heterocycles. The van der Waals surface area contributed by atoms with Crippen molar-refractivity contribution in [1.29, 1.82) is 0 Å². The van der Waals surface area contributed by atoms with Crippen LogP contribution in [0.1, 0.15) is 25.1 Å². The molecule has 2 aliphatic heterocycles. The molecule has 25 heavy (non-hydrogen) atoms. The molecule has 0 bridgehead atoms. The van der Waals surface area contributed by atoms with Crippen LogP contribution in [0.2, 0.25) is 0 Å². The van der Waals surface area contributed by atoms with Crippen LogP contribution in [0.15, 0.2) is 30.7 Å². The molecule has 2 aromatic heterocycles. The number of amides is 3. The van der Waals surface area contributed by atoms with Crippen LogP contribution >= 0.6 is 0 Å². The van der Waals surface area contributed by atoms with Gasteiger partial charge >= 0.3 is 6.03 Å². The fourth-order valence-corrected chi connectivity index (χ4v) is 3.71. The van der Waals surface area contributed by atoms with Crippen LogP contribution in [-0.2, 0) is 18.4 Å². The van der Waals surface area contributed by atoms with Gasteiger partial charge in [-0.15, -0.1) is 0 Å². The first-order valence-electron chi connectivity index (χ1n) is 8.57. The highest BCUT2D eigenvalue weighted by atomic mass is 16.2. The molecule has 2 aromatic rings. The quantitative estimate of drug-likeness (QED) is 0.888. The molecule has 0 saturated carbocycles. The fraction of sp³-hybridized carbons (Fsp3) is 0.471. The van der Waals surface area contributed by atoms with Gasteiger partial charge in [0.15, 0.2) is 0 Å². The van der Waals surface area contributed by atoms with E-state index >= 15 is 0 Å². The van der Waals surface area contributed by atoms with Gasteiger partial charge in [0.1, 0.15) is 6.04 Å². The monoisotopic (exact) mass is 342 g/mol. The summed E-state index contributed by atoms with van der Waals surface area (Å²) in [6.07, 6.45) is 6.12. The normalized spacial score (nSPS) is 23.0. The first-order chi connectivity index (χ1) is 12.0. The van der Waals surface area contributed by atoms with Crippen molar-refractivity contribution in [2.75, 3.05) is 18.0 Å². The lowest BCUT2D eigenvalue weighted by molar-refractivity contribution is -0.118. The predicted octanol–water partition coefficient (Wildman–Crippen LogP) is 1.11. The number of hydrogen-bond acceptors (Lipinski definition) is 3. The number of nitrogens with zero attached hydrogens (tertiary/aromatic N) is 5. The maximum absolute atomic E-state index is 12.7. The lowest BCUT2D eigenvalue weighted by Gasteiger charge is -2.35. The minimum Gasteiger partial charge on any atom is -0.348 e. The Labute approximate surface area is 146 Å². The van der Waals surface area contributed by atoms with Gasteiger partial charge < -0.3 is 19.7 Å². The highest BCUT2D eigenvalue weighted by molar-refractivity contribution is 6.01. The van der Waals surface area contributed by atoms with E-state index in [1.54, 1.807) is 20.7 Å². The molecule has 0 spiro atoms. The zero-order valence-corrected chi connectivity index (χ0v) is 14.4. The number of hydrogen-bond donors (Lipinski definition) is 1. The van der Waals surface area contributed by atoms with Crippen LogP contribution in [0.25, 0.3) is 0 Å². The lowest BCUT2D eigenvalue weighted by Crippen LogP contribution is -2.51. The van der Waals surface area contributed by atoms with Gasteiger partial charge in [-0.2, -0.15) is 5.10 Å². The van der Waals surface area contributed by atoms with Gasteiger partial charge in [0.2, 0.25) is 5.91 Å². The number of anilines is 1. The predicted molar refractivity (Wildman–Crippen MR) is 92.1 cm³/mol. The molecule has 1 N–H and O–H groups in total. The van der Waals surface area contributed by atoms with Gasteiger partial charge in [-0.3, -0.25) is 9.48 Å². The van der Waals surface area contributed by atoms with Crippen molar-refractivity contribution in [2.24, 2.45) is 7.05 Å². The lowest BCUT2D eigenvalue weighted by atomic mass is 10.1. The van der Waals surface area contributed by atoms with E-state index in [2.05, 4.69) is 15.0 Å². The molecule has 0 aliphatic carbocycles. The van der Waals surface area contributed by atoms with E-state index in [0.29, 0.717) is 19.5 Å². The van der Waals surface area contributed by atoms with Crippen molar-refractivity contribution in [1.82, 2.24) is 24.6 Å². The Kier molecular flexibility index (Phi) is 3.74. The summed E-state index contributed by atoms with van der Waals surface area (Å²) in [5, 5.41) is 7.02. The van der Waals surface area contributed by atoms with Gasteiger partial charge in [0, 0.05) is 44.8 Å².